The normalized spacial score (nSPS) is 14.0. The summed E-state index contributed by atoms with van der Waals surface area (Å²) >= 11 is 0. The highest BCUT2D eigenvalue weighted by Gasteiger charge is 2.30. The highest BCUT2D eigenvalue weighted by Crippen LogP contribution is 2.26. The van der Waals surface area contributed by atoms with Crippen LogP contribution in [0.3, 0.4) is 0 Å². The van der Waals surface area contributed by atoms with Gasteiger partial charge in [0.05, 0.1) is 16.6 Å². The molecule has 0 aliphatic rings. The zero-order valence-electron chi connectivity index (χ0n) is 14.0. The average molecular weight is 338 g/mol. The van der Waals surface area contributed by atoms with Crippen LogP contribution in [0.2, 0.25) is 0 Å². The predicted molar refractivity (Wildman–Crippen MR) is 92.1 cm³/mol. The number of sulfone groups is 1. The summed E-state index contributed by atoms with van der Waals surface area (Å²) in [4.78, 5) is 11.3. The summed E-state index contributed by atoms with van der Waals surface area (Å²) in [6.45, 7) is 6.03. The number of hydrogen-bond acceptors (Lipinski definition) is 3. The molecule has 1 aromatic rings. The number of carboxylic acid groups (broad SMARTS) is 1. The first-order valence-corrected chi connectivity index (χ1v) is 9.42. The van der Waals surface area contributed by atoms with Crippen molar-refractivity contribution in [2.75, 3.05) is 0 Å². The second kappa shape index (κ2) is 8.87. The molecule has 0 radical (unpaired) electrons. The zero-order valence-corrected chi connectivity index (χ0v) is 14.8. The van der Waals surface area contributed by atoms with Crippen molar-refractivity contribution < 1.29 is 18.3 Å². The summed E-state index contributed by atoms with van der Waals surface area (Å²) in [6, 6.07) is 8.11. The van der Waals surface area contributed by atoms with Crippen LogP contribution in [-0.4, -0.2) is 24.7 Å². The van der Waals surface area contributed by atoms with Crippen LogP contribution in [0.4, 0.5) is 0 Å². The molecule has 0 aliphatic heterocycles. The highest BCUT2D eigenvalue weighted by atomic mass is 32.2. The number of aliphatic carboxylic acids is 1. The Balaban J connectivity index is 2.88. The van der Waals surface area contributed by atoms with E-state index in [1.807, 2.05) is 20.8 Å². The van der Waals surface area contributed by atoms with Crippen LogP contribution in [-0.2, 0) is 14.6 Å². The molecule has 23 heavy (non-hydrogen) atoms. The Kier molecular flexibility index (Phi) is 7.49. The fourth-order valence-corrected chi connectivity index (χ4v) is 4.41. The van der Waals surface area contributed by atoms with Crippen LogP contribution in [0.1, 0.15) is 46.5 Å². The first-order valence-electron chi connectivity index (χ1n) is 7.87. The van der Waals surface area contributed by atoms with E-state index in [-0.39, 0.29) is 17.2 Å². The van der Waals surface area contributed by atoms with E-state index in [4.69, 9.17) is 5.11 Å². The van der Waals surface area contributed by atoms with Gasteiger partial charge in [-0.25, -0.2) is 8.42 Å². The van der Waals surface area contributed by atoms with Crippen LogP contribution in [0, 0.1) is 5.92 Å². The van der Waals surface area contributed by atoms with Gasteiger partial charge in [0.25, 0.3) is 0 Å². The fraction of sp³-hybridized carbons (Fsp3) is 0.500. The van der Waals surface area contributed by atoms with Crippen LogP contribution >= 0.6 is 0 Å². The van der Waals surface area contributed by atoms with Crippen molar-refractivity contribution in [3.8, 4) is 0 Å². The third kappa shape index (κ3) is 6.57. The molecule has 1 N–H and O–H groups in total. The number of allylic oxidation sites excluding steroid dienone is 2. The molecular formula is C18H26O4S. The standard InChI is InChI=1S/C18H26O4S/c1-14(2)8-7-9-15(3)12-17(13-18(19)20)23(21,22)16-10-5-4-6-11-16/h4-6,8,10-11,15,17H,7,9,12-13H2,1-3H3,(H,19,20). The molecule has 0 aromatic heterocycles. The van der Waals surface area contributed by atoms with Crippen molar-refractivity contribution in [1.82, 2.24) is 0 Å². The molecule has 0 bridgehead atoms. The summed E-state index contributed by atoms with van der Waals surface area (Å²) in [6.07, 6.45) is 3.86. The maximum absolute atomic E-state index is 12.7. The lowest BCUT2D eigenvalue weighted by Gasteiger charge is -2.20. The second-order valence-electron chi connectivity index (χ2n) is 6.28. The third-order valence-corrected chi connectivity index (χ3v) is 5.96. The molecular weight excluding hydrogens is 312 g/mol. The van der Waals surface area contributed by atoms with E-state index in [0.717, 1.165) is 12.8 Å². The zero-order chi connectivity index (χ0) is 17.5. The predicted octanol–water partition coefficient (Wildman–Crippen LogP) is 4.08. The lowest BCUT2D eigenvalue weighted by molar-refractivity contribution is -0.137. The van der Waals surface area contributed by atoms with Crippen molar-refractivity contribution in [1.29, 1.82) is 0 Å². The Labute approximate surface area is 139 Å². The average Bonchev–Trinajstić information content (AvgIpc) is 2.46. The van der Waals surface area contributed by atoms with Gasteiger partial charge >= 0.3 is 5.97 Å². The SMILES string of the molecule is CC(C)=CCCC(C)CC(CC(=O)O)S(=O)(=O)c1ccccc1. The topological polar surface area (TPSA) is 71.4 Å². The Bertz CT molecular complexity index is 628. The summed E-state index contributed by atoms with van der Waals surface area (Å²) in [5, 5.41) is 8.20. The van der Waals surface area contributed by atoms with E-state index in [1.165, 1.54) is 17.7 Å². The molecule has 5 heteroatoms. The molecule has 0 aliphatic carbocycles. The minimum absolute atomic E-state index is 0.147. The summed E-state index contributed by atoms with van der Waals surface area (Å²) < 4.78 is 25.4. The lowest BCUT2D eigenvalue weighted by Crippen LogP contribution is -2.27. The van der Waals surface area contributed by atoms with Crippen LogP contribution in [0.25, 0.3) is 0 Å². The Morgan fingerprint density at radius 2 is 1.83 bits per heavy atom. The van der Waals surface area contributed by atoms with Gasteiger partial charge in [-0.15, -0.1) is 0 Å². The maximum atomic E-state index is 12.7. The van der Waals surface area contributed by atoms with Gasteiger partial charge in [-0.05, 0) is 51.2 Å². The number of hydrogen-bond donors (Lipinski definition) is 1. The van der Waals surface area contributed by atoms with Gasteiger partial charge in [-0.2, -0.15) is 0 Å². The molecule has 0 saturated heterocycles. The van der Waals surface area contributed by atoms with E-state index in [0.29, 0.717) is 6.42 Å². The van der Waals surface area contributed by atoms with Crippen molar-refractivity contribution in [3.05, 3.63) is 42.0 Å². The van der Waals surface area contributed by atoms with Gasteiger partial charge in [0.15, 0.2) is 9.84 Å². The molecule has 0 amide bonds. The summed E-state index contributed by atoms with van der Waals surface area (Å²) in [7, 11) is -3.63. The monoisotopic (exact) mass is 338 g/mol. The molecule has 0 spiro atoms. The van der Waals surface area contributed by atoms with E-state index < -0.39 is 21.1 Å². The van der Waals surface area contributed by atoms with Crippen LogP contribution in [0.5, 0.6) is 0 Å². The van der Waals surface area contributed by atoms with E-state index in [1.54, 1.807) is 18.2 Å². The molecule has 0 saturated carbocycles. The number of rotatable bonds is 9. The Hall–Kier alpha value is -1.62. The van der Waals surface area contributed by atoms with Crippen molar-refractivity contribution in [3.63, 3.8) is 0 Å². The van der Waals surface area contributed by atoms with E-state index in [9.17, 15) is 13.2 Å². The second-order valence-corrected chi connectivity index (χ2v) is 8.51. The van der Waals surface area contributed by atoms with Gasteiger partial charge in [0.2, 0.25) is 0 Å². The summed E-state index contributed by atoms with van der Waals surface area (Å²) in [5.74, 6) is -0.931. The lowest BCUT2D eigenvalue weighted by atomic mass is 9.98. The molecule has 4 nitrogen and oxygen atoms in total. The number of benzene rings is 1. The van der Waals surface area contributed by atoms with Crippen LogP contribution in [0.15, 0.2) is 46.9 Å². The van der Waals surface area contributed by atoms with Crippen molar-refractivity contribution in [2.24, 2.45) is 5.92 Å². The van der Waals surface area contributed by atoms with Crippen molar-refractivity contribution >= 4 is 15.8 Å². The number of carboxylic acids is 1. The fourth-order valence-electron chi connectivity index (χ4n) is 2.54. The first kappa shape index (κ1) is 19.4. The third-order valence-electron chi connectivity index (χ3n) is 3.79. The molecule has 1 rings (SSSR count). The van der Waals surface area contributed by atoms with E-state index >= 15 is 0 Å². The highest BCUT2D eigenvalue weighted by molar-refractivity contribution is 7.92. The molecule has 0 heterocycles. The number of carbonyl (C=O) groups is 1. The summed E-state index contributed by atoms with van der Waals surface area (Å²) in [5.41, 5.74) is 1.23. The maximum Gasteiger partial charge on any atom is 0.304 e. The quantitative estimate of drug-likeness (QED) is 0.689. The Morgan fingerprint density at radius 3 is 2.35 bits per heavy atom. The van der Waals surface area contributed by atoms with E-state index in [2.05, 4.69) is 6.08 Å². The molecule has 128 valence electrons. The van der Waals surface area contributed by atoms with Gasteiger partial charge in [-0.1, -0.05) is 36.8 Å². The van der Waals surface area contributed by atoms with Gasteiger partial charge in [-0.3, -0.25) is 4.79 Å². The minimum Gasteiger partial charge on any atom is -0.481 e. The van der Waals surface area contributed by atoms with Crippen LogP contribution < -0.4 is 0 Å². The molecule has 2 unspecified atom stereocenters. The molecule has 1 aromatic carbocycles. The Morgan fingerprint density at radius 1 is 1.22 bits per heavy atom. The van der Waals surface area contributed by atoms with Crippen molar-refractivity contribution in [2.45, 2.75) is 56.6 Å². The van der Waals surface area contributed by atoms with Gasteiger partial charge in [0, 0.05) is 0 Å². The largest absolute Gasteiger partial charge is 0.481 e. The minimum atomic E-state index is -3.63. The first-order chi connectivity index (χ1) is 10.7. The smallest absolute Gasteiger partial charge is 0.304 e. The van der Waals surface area contributed by atoms with Gasteiger partial charge < -0.3 is 5.11 Å². The van der Waals surface area contributed by atoms with Gasteiger partial charge in [0.1, 0.15) is 0 Å². The molecule has 0 fully saturated rings. The molecule has 2 atom stereocenters.